The van der Waals surface area contributed by atoms with Crippen LogP contribution in [0.1, 0.15) is 136 Å². The second-order valence-corrected chi connectivity index (χ2v) is 17.5. The molecule has 3 unspecified atom stereocenters. The number of aliphatic hydroxyl groups excluding tert-OH is 6. The number of ether oxygens (including phenoxy) is 2. The Kier molecular flexibility index (Phi) is 36.2. The molecular formula is C51H81O14P. The molecule has 1 aliphatic rings. The van der Waals surface area contributed by atoms with Crippen LogP contribution >= 0.6 is 7.82 Å². The molecule has 1 fully saturated rings. The number of carbonyl (C=O) groups excluding carboxylic acids is 2. The number of phosphoric ester groups is 1. The van der Waals surface area contributed by atoms with Crippen molar-refractivity contribution in [3.8, 4) is 0 Å². The Bertz CT molecular complexity index is 1580. The Hall–Kier alpha value is -3.53. The van der Waals surface area contributed by atoms with Crippen molar-refractivity contribution >= 4 is 19.8 Å². The van der Waals surface area contributed by atoms with Gasteiger partial charge in [-0.25, -0.2) is 4.57 Å². The summed E-state index contributed by atoms with van der Waals surface area (Å²) in [6, 6.07) is 0. The molecule has 7 N–H and O–H groups in total. The maximum absolute atomic E-state index is 12.8. The number of esters is 2. The van der Waals surface area contributed by atoms with Crippen molar-refractivity contribution in [3.63, 3.8) is 0 Å². The minimum atomic E-state index is -5.17. The summed E-state index contributed by atoms with van der Waals surface area (Å²) in [6.07, 6.45) is 37.6. The summed E-state index contributed by atoms with van der Waals surface area (Å²) >= 11 is 0. The maximum Gasteiger partial charge on any atom is 0.472 e. The molecule has 0 saturated heterocycles. The van der Waals surface area contributed by atoms with Gasteiger partial charge in [0, 0.05) is 12.8 Å². The van der Waals surface area contributed by atoms with Gasteiger partial charge in [0.1, 0.15) is 43.2 Å². The van der Waals surface area contributed by atoms with Crippen LogP contribution in [0, 0.1) is 0 Å². The van der Waals surface area contributed by atoms with Crippen LogP contribution < -0.4 is 0 Å². The number of unbranched alkanes of at least 4 members (excludes halogenated alkanes) is 6. The van der Waals surface area contributed by atoms with Gasteiger partial charge >= 0.3 is 19.8 Å². The number of phosphoric acid groups is 1. The second kappa shape index (κ2) is 39.5. The van der Waals surface area contributed by atoms with Gasteiger partial charge in [0.05, 0.1) is 12.7 Å². The lowest BCUT2D eigenvalue weighted by molar-refractivity contribution is -0.220. The number of allylic oxidation sites excluding steroid dienone is 17. The van der Waals surface area contributed by atoms with E-state index in [0.29, 0.717) is 25.7 Å². The van der Waals surface area contributed by atoms with Crippen LogP contribution in [-0.4, -0.2) is 110 Å². The van der Waals surface area contributed by atoms with E-state index >= 15 is 0 Å². The monoisotopic (exact) mass is 949 g/mol. The zero-order chi connectivity index (χ0) is 48.7. The fourth-order valence-electron chi connectivity index (χ4n) is 6.31. The van der Waals surface area contributed by atoms with E-state index in [-0.39, 0.29) is 12.8 Å². The fraction of sp³-hybridized carbons (Fsp3) is 0.608. The molecule has 9 atom stereocenters. The Morgan fingerprint density at radius 2 is 1.02 bits per heavy atom. The number of aliphatic hydroxyl groups is 6. The first-order valence-electron chi connectivity index (χ1n) is 23.8. The van der Waals surface area contributed by atoms with Gasteiger partial charge in [0.25, 0.3) is 0 Å². The SMILES string of the molecule is CCCCC/C=C\C/C=C\C/C=C\C/C=C\C/C=C\CCC(=O)O[C@H](COC(=O)CCC/C=C\C/C=C\C/C=C\C=C\[C@H](O)CCCCC)COP(=O)(O)OC1[C@H](O)[C@H](O)C(O)[C@H](O)[C@H]1O. The largest absolute Gasteiger partial charge is 0.472 e. The van der Waals surface area contributed by atoms with Gasteiger partial charge < -0.3 is 45.0 Å². The smallest absolute Gasteiger partial charge is 0.462 e. The molecule has 66 heavy (non-hydrogen) atoms. The lowest BCUT2D eigenvalue weighted by Crippen LogP contribution is -2.64. The van der Waals surface area contributed by atoms with Crippen molar-refractivity contribution in [2.24, 2.45) is 0 Å². The predicted molar refractivity (Wildman–Crippen MR) is 259 cm³/mol. The molecule has 0 aromatic carbocycles. The van der Waals surface area contributed by atoms with E-state index in [4.69, 9.17) is 18.5 Å². The third-order valence-corrected chi connectivity index (χ3v) is 11.2. The second-order valence-electron chi connectivity index (χ2n) is 16.1. The van der Waals surface area contributed by atoms with E-state index in [1.807, 2.05) is 60.8 Å². The highest BCUT2D eigenvalue weighted by atomic mass is 31.2. The van der Waals surface area contributed by atoms with Crippen molar-refractivity contribution < 1.29 is 68.2 Å². The lowest BCUT2D eigenvalue weighted by atomic mass is 9.85. The molecule has 0 heterocycles. The first-order valence-corrected chi connectivity index (χ1v) is 25.3. The van der Waals surface area contributed by atoms with E-state index in [1.165, 1.54) is 19.3 Å². The van der Waals surface area contributed by atoms with Crippen LogP contribution in [0.25, 0.3) is 0 Å². The van der Waals surface area contributed by atoms with E-state index in [0.717, 1.165) is 64.2 Å². The van der Waals surface area contributed by atoms with E-state index < -0.39 is 81.8 Å². The van der Waals surface area contributed by atoms with Gasteiger partial charge in [-0.05, 0) is 77.0 Å². The summed E-state index contributed by atoms with van der Waals surface area (Å²) in [5, 5.41) is 60.1. The van der Waals surface area contributed by atoms with E-state index in [1.54, 1.807) is 6.08 Å². The normalized spacial score (nSPS) is 22.7. The van der Waals surface area contributed by atoms with Crippen LogP contribution in [-0.2, 0) is 32.7 Å². The standard InChI is InChI=1S/C51H81O14P/c1-3-5-7-8-9-10-11-12-13-14-15-16-17-18-21-25-28-31-35-39-45(54)64-43(41-63-66(60,61)65-51-49(58)47(56)46(55)48(57)50(51)59)40-62-44(53)38-34-30-27-24-22-19-20-23-26-29-33-37-42(52)36-32-6-4-2/h9-10,12-13,15-16,18-21,24,26-29,31,33,37,42-43,46-52,55-59H,3-8,11,14,17,22-23,25,30,32,34-36,38-41H2,1-2H3,(H,60,61)/b10-9-,13-12-,16-15-,20-19-,21-18-,27-24-,29-26-,31-28-,37-33+/t42-,43-,46?,47-,48+,49-,50-,51?/m1/s1. The molecule has 0 bridgehead atoms. The van der Waals surface area contributed by atoms with Gasteiger partial charge in [-0.1, -0.05) is 155 Å². The van der Waals surface area contributed by atoms with Gasteiger partial charge in [-0.15, -0.1) is 0 Å². The summed E-state index contributed by atoms with van der Waals surface area (Å²) in [5.41, 5.74) is 0. The Morgan fingerprint density at radius 3 is 1.56 bits per heavy atom. The summed E-state index contributed by atoms with van der Waals surface area (Å²) in [5.74, 6) is -1.30. The molecule has 374 valence electrons. The summed E-state index contributed by atoms with van der Waals surface area (Å²) < 4.78 is 33.4. The zero-order valence-corrected chi connectivity index (χ0v) is 40.2. The number of carbonyl (C=O) groups is 2. The Balaban J connectivity index is 2.58. The molecule has 1 rings (SSSR count). The fourth-order valence-corrected chi connectivity index (χ4v) is 7.28. The molecule has 0 aromatic rings. The molecule has 0 amide bonds. The molecule has 0 radical (unpaired) electrons. The lowest BCUT2D eigenvalue weighted by Gasteiger charge is -2.41. The first kappa shape index (κ1) is 60.5. The van der Waals surface area contributed by atoms with Crippen LogP contribution in [0.4, 0.5) is 0 Å². The predicted octanol–water partition coefficient (Wildman–Crippen LogP) is 8.58. The first-order chi connectivity index (χ1) is 31.8. The minimum Gasteiger partial charge on any atom is -0.462 e. The highest BCUT2D eigenvalue weighted by molar-refractivity contribution is 7.47. The molecule has 1 saturated carbocycles. The van der Waals surface area contributed by atoms with Gasteiger partial charge in [-0.3, -0.25) is 18.6 Å². The molecule has 14 nitrogen and oxygen atoms in total. The third-order valence-electron chi connectivity index (χ3n) is 10.2. The molecule has 15 heteroatoms. The highest BCUT2D eigenvalue weighted by Gasteiger charge is 2.51. The minimum absolute atomic E-state index is 0.0487. The Labute approximate surface area is 394 Å². The topological polar surface area (TPSA) is 230 Å². The third kappa shape index (κ3) is 31.4. The van der Waals surface area contributed by atoms with E-state index in [2.05, 4.69) is 56.4 Å². The molecule has 1 aliphatic carbocycles. The highest BCUT2D eigenvalue weighted by Crippen LogP contribution is 2.47. The molecular weight excluding hydrogens is 868 g/mol. The van der Waals surface area contributed by atoms with Gasteiger partial charge in [-0.2, -0.15) is 0 Å². The molecule has 0 spiro atoms. The number of rotatable bonds is 37. The quantitative estimate of drug-likeness (QED) is 0.0102. The van der Waals surface area contributed by atoms with Crippen LogP contribution in [0.3, 0.4) is 0 Å². The average molecular weight is 949 g/mol. The Morgan fingerprint density at radius 1 is 0.545 bits per heavy atom. The molecule has 0 aliphatic heterocycles. The number of hydrogen-bond donors (Lipinski definition) is 7. The van der Waals surface area contributed by atoms with Gasteiger partial charge in [0.2, 0.25) is 0 Å². The summed E-state index contributed by atoms with van der Waals surface area (Å²) in [4.78, 5) is 35.7. The van der Waals surface area contributed by atoms with Crippen LogP contribution in [0.15, 0.2) is 109 Å². The number of hydrogen-bond acceptors (Lipinski definition) is 13. The summed E-state index contributed by atoms with van der Waals surface area (Å²) in [6.45, 7) is 3.02. The maximum atomic E-state index is 12.8. The van der Waals surface area contributed by atoms with E-state index in [9.17, 15) is 49.7 Å². The average Bonchev–Trinajstić information content (AvgIpc) is 3.29. The van der Waals surface area contributed by atoms with Crippen molar-refractivity contribution in [2.45, 2.75) is 185 Å². The van der Waals surface area contributed by atoms with Crippen molar-refractivity contribution in [1.82, 2.24) is 0 Å². The van der Waals surface area contributed by atoms with Crippen molar-refractivity contribution in [3.05, 3.63) is 109 Å². The van der Waals surface area contributed by atoms with Gasteiger partial charge in [0.15, 0.2) is 6.10 Å². The molecule has 0 aromatic heterocycles. The van der Waals surface area contributed by atoms with Crippen molar-refractivity contribution in [2.75, 3.05) is 13.2 Å². The van der Waals surface area contributed by atoms with Crippen molar-refractivity contribution in [1.29, 1.82) is 0 Å². The zero-order valence-electron chi connectivity index (χ0n) is 39.3. The van der Waals surface area contributed by atoms with Crippen LogP contribution in [0.5, 0.6) is 0 Å². The summed E-state index contributed by atoms with van der Waals surface area (Å²) in [7, 11) is -5.17. The van der Waals surface area contributed by atoms with Crippen LogP contribution in [0.2, 0.25) is 0 Å².